The highest BCUT2D eigenvalue weighted by Gasteiger charge is 2.36. The second-order valence-corrected chi connectivity index (χ2v) is 14.5. The first kappa shape index (κ1) is 39.9. The van der Waals surface area contributed by atoms with Crippen LogP contribution in [0.5, 0.6) is 0 Å². The number of nitrogens with one attached hydrogen (secondary N) is 1. The molecular formula is C40H81NO. The minimum absolute atomic E-state index is 0.463. The lowest BCUT2D eigenvalue weighted by Crippen LogP contribution is -2.56. The van der Waals surface area contributed by atoms with Crippen LogP contribution in [0.3, 0.4) is 0 Å². The Labute approximate surface area is 267 Å². The van der Waals surface area contributed by atoms with Gasteiger partial charge in [-0.1, -0.05) is 213 Å². The van der Waals surface area contributed by atoms with Crippen LogP contribution in [0.25, 0.3) is 0 Å². The van der Waals surface area contributed by atoms with Crippen molar-refractivity contribution in [1.82, 2.24) is 5.32 Å². The zero-order valence-corrected chi connectivity index (χ0v) is 29.6. The molecular weight excluding hydrogens is 510 g/mol. The first-order valence-corrected chi connectivity index (χ1v) is 20.1. The summed E-state index contributed by atoms with van der Waals surface area (Å²) in [5.41, 5.74) is 0.463. The van der Waals surface area contributed by atoms with Crippen LogP contribution in [-0.4, -0.2) is 26.3 Å². The maximum absolute atomic E-state index is 6.20. The Morgan fingerprint density at radius 3 is 0.952 bits per heavy atom. The van der Waals surface area contributed by atoms with Crippen molar-refractivity contribution in [2.45, 2.75) is 226 Å². The molecule has 0 unspecified atom stereocenters. The Balaban J connectivity index is 1.77. The lowest BCUT2D eigenvalue weighted by atomic mass is 9.78. The number of hydrogen-bond acceptors (Lipinski definition) is 2. The SMILES string of the molecule is CCCCCCCCCCCCCCCCCCOCC1(CCCCCCCCCCCCCCCCCC)CNC1. The molecule has 1 aliphatic heterocycles. The molecule has 0 bridgehead atoms. The van der Waals surface area contributed by atoms with Crippen molar-refractivity contribution >= 4 is 0 Å². The van der Waals surface area contributed by atoms with Crippen molar-refractivity contribution < 1.29 is 4.74 Å². The highest BCUT2D eigenvalue weighted by molar-refractivity contribution is 4.92. The van der Waals surface area contributed by atoms with Crippen molar-refractivity contribution in [3.05, 3.63) is 0 Å². The molecule has 0 saturated carbocycles. The Morgan fingerprint density at radius 2 is 0.667 bits per heavy atom. The van der Waals surface area contributed by atoms with Gasteiger partial charge in [0.05, 0.1) is 6.61 Å². The molecule has 1 rings (SSSR count). The van der Waals surface area contributed by atoms with Crippen molar-refractivity contribution in [2.75, 3.05) is 26.3 Å². The standard InChI is InChI=1S/C40H81NO/c1-3-5-7-9-11-13-15-17-19-21-23-25-27-29-31-33-35-40(37-41-38-40)39-42-36-34-32-30-28-26-24-22-20-18-16-14-12-10-8-6-4-2/h41H,3-39H2,1-2H3. The van der Waals surface area contributed by atoms with Gasteiger partial charge in [0.2, 0.25) is 0 Å². The summed E-state index contributed by atoms with van der Waals surface area (Å²) in [5.74, 6) is 0. The average Bonchev–Trinajstić information content (AvgIpc) is 2.98. The molecule has 1 saturated heterocycles. The molecule has 1 heterocycles. The summed E-state index contributed by atoms with van der Waals surface area (Å²) >= 11 is 0. The van der Waals surface area contributed by atoms with Gasteiger partial charge in [0.15, 0.2) is 0 Å². The highest BCUT2D eigenvalue weighted by atomic mass is 16.5. The molecule has 0 aromatic rings. The van der Waals surface area contributed by atoms with Crippen molar-refractivity contribution in [2.24, 2.45) is 5.41 Å². The summed E-state index contributed by atoms with van der Waals surface area (Å²) in [4.78, 5) is 0. The van der Waals surface area contributed by atoms with Crippen LogP contribution in [0, 0.1) is 5.41 Å². The lowest BCUT2D eigenvalue weighted by Gasteiger charge is -2.42. The maximum Gasteiger partial charge on any atom is 0.0546 e. The molecule has 1 aliphatic rings. The zero-order valence-electron chi connectivity index (χ0n) is 29.6. The van der Waals surface area contributed by atoms with Gasteiger partial charge < -0.3 is 10.1 Å². The summed E-state index contributed by atoms with van der Waals surface area (Å²) in [6.45, 7) is 8.97. The van der Waals surface area contributed by atoms with Crippen molar-refractivity contribution in [1.29, 1.82) is 0 Å². The minimum atomic E-state index is 0.463. The Morgan fingerprint density at radius 1 is 0.381 bits per heavy atom. The molecule has 2 heteroatoms. The fourth-order valence-electron chi connectivity index (χ4n) is 6.92. The summed E-state index contributed by atoms with van der Waals surface area (Å²) in [5, 5.41) is 3.54. The van der Waals surface area contributed by atoms with E-state index in [1.165, 1.54) is 225 Å². The van der Waals surface area contributed by atoms with E-state index >= 15 is 0 Å². The molecule has 42 heavy (non-hydrogen) atoms. The highest BCUT2D eigenvalue weighted by Crippen LogP contribution is 2.30. The van der Waals surface area contributed by atoms with E-state index < -0.39 is 0 Å². The van der Waals surface area contributed by atoms with Gasteiger partial charge in [-0.05, 0) is 12.8 Å². The van der Waals surface area contributed by atoms with Crippen LogP contribution in [0.4, 0.5) is 0 Å². The molecule has 1 N–H and O–H groups in total. The van der Waals surface area contributed by atoms with Crippen molar-refractivity contribution in [3.63, 3.8) is 0 Å². The molecule has 0 amide bonds. The fourth-order valence-corrected chi connectivity index (χ4v) is 6.92. The van der Waals surface area contributed by atoms with Gasteiger partial charge in [-0.2, -0.15) is 0 Å². The maximum atomic E-state index is 6.20. The molecule has 0 atom stereocenters. The van der Waals surface area contributed by atoms with E-state index in [2.05, 4.69) is 19.2 Å². The van der Waals surface area contributed by atoms with E-state index in [0.29, 0.717) is 5.41 Å². The van der Waals surface area contributed by atoms with Crippen LogP contribution in [0.1, 0.15) is 226 Å². The topological polar surface area (TPSA) is 21.3 Å². The van der Waals surface area contributed by atoms with Gasteiger partial charge in [-0.3, -0.25) is 0 Å². The molecule has 0 aromatic heterocycles. The third kappa shape index (κ3) is 26.3. The first-order chi connectivity index (χ1) is 20.8. The first-order valence-electron chi connectivity index (χ1n) is 20.1. The summed E-state index contributed by atoms with van der Waals surface area (Å²) < 4.78 is 6.20. The fraction of sp³-hybridized carbons (Fsp3) is 1.00. The van der Waals surface area contributed by atoms with E-state index in [0.717, 1.165) is 13.2 Å². The molecule has 0 aliphatic carbocycles. The number of hydrogen-bond donors (Lipinski definition) is 1. The zero-order chi connectivity index (χ0) is 30.1. The van der Waals surface area contributed by atoms with Gasteiger partial charge in [0, 0.05) is 25.1 Å². The van der Waals surface area contributed by atoms with E-state index in [1.54, 1.807) is 0 Å². The third-order valence-electron chi connectivity index (χ3n) is 10.1. The van der Waals surface area contributed by atoms with E-state index in [-0.39, 0.29) is 0 Å². The van der Waals surface area contributed by atoms with Gasteiger partial charge in [0.25, 0.3) is 0 Å². The molecule has 0 aromatic carbocycles. The number of unbranched alkanes of at least 4 members (excludes halogenated alkanes) is 30. The largest absolute Gasteiger partial charge is 0.381 e. The summed E-state index contributed by atoms with van der Waals surface area (Å²) in [6, 6.07) is 0. The molecule has 0 spiro atoms. The molecule has 252 valence electrons. The van der Waals surface area contributed by atoms with Gasteiger partial charge in [0.1, 0.15) is 0 Å². The van der Waals surface area contributed by atoms with Crippen LogP contribution in [-0.2, 0) is 4.74 Å². The second-order valence-electron chi connectivity index (χ2n) is 14.5. The summed E-state index contributed by atoms with van der Waals surface area (Å²) in [7, 11) is 0. The second kappa shape index (κ2) is 32.3. The monoisotopic (exact) mass is 592 g/mol. The Kier molecular flexibility index (Phi) is 30.7. The number of rotatable bonds is 36. The van der Waals surface area contributed by atoms with Crippen LogP contribution in [0.15, 0.2) is 0 Å². The normalized spacial score (nSPS) is 14.4. The van der Waals surface area contributed by atoms with E-state index in [4.69, 9.17) is 4.74 Å². The van der Waals surface area contributed by atoms with E-state index in [1.807, 2.05) is 0 Å². The van der Waals surface area contributed by atoms with Crippen LogP contribution < -0.4 is 5.32 Å². The van der Waals surface area contributed by atoms with Gasteiger partial charge in [-0.15, -0.1) is 0 Å². The Hall–Kier alpha value is -0.0800. The molecule has 0 radical (unpaired) electrons. The number of ether oxygens (including phenoxy) is 1. The Bertz CT molecular complexity index is 502. The quantitative estimate of drug-likeness (QED) is 0.0732. The molecule has 1 fully saturated rings. The average molecular weight is 592 g/mol. The van der Waals surface area contributed by atoms with Crippen LogP contribution in [0.2, 0.25) is 0 Å². The minimum Gasteiger partial charge on any atom is -0.381 e. The smallest absolute Gasteiger partial charge is 0.0546 e. The van der Waals surface area contributed by atoms with Gasteiger partial charge in [-0.25, -0.2) is 0 Å². The third-order valence-corrected chi connectivity index (χ3v) is 10.1. The van der Waals surface area contributed by atoms with Crippen LogP contribution >= 0.6 is 0 Å². The summed E-state index contributed by atoms with van der Waals surface area (Å²) in [6.07, 6.45) is 47.6. The van der Waals surface area contributed by atoms with E-state index in [9.17, 15) is 0 Å². The molecule has 2 nitrogen and oxygen atoms in total. The van der Waals surface area contributed by atoms with Gasteiger partial charge >= 0.3 is 0 Å². The predicted octanol–water partition coefficient (Wildman–Crippen LogP) is 13.5. The van der Waals surface area contributed by atoms with Crippen molar-refractivity contribution in [3.8, 4) is 0 Å². The predicted molar refractivity (Wildman–Crippen MR) is 190 cm³/mol. The lowest BCUT2D eigenvalue weighted by molar-refractivity contribution is 0.00206.